The zero-order chi connectivity index (χ0) is 16.5. The highest BCUT2D eigenvalue weighted by molar-refractivity contribution is 9.10. The van der Waals surface area contributed by atoms with Crippen molar-refractivity contribution in [3.05, 3.63) is 46.5 Å². The van der Waals surface area contributed by atoms with E-state index in [-0.39, 0.29) is 29.8 Å². The Balaban J connectivity index is 2.16. The molecule has 0 aliphatic heterocycles. The molecule has 2 amide bonds. The van der Waals surface area contributed by atoms with Crippen LogP contribution in [0.4, 0.5) is 0 Å². The number of benzene rings is 1. The fourth-order valence-corrected chi connectivity index (χ4v) is 3.46. The van der Waals surface area contributed by atoms with E-state index >= 15 is 0 Å². The summed E-state index contributed by atoms with van der Waals surface area (Å²) in [6, 6.07) is 6.00. The Morgan fingerprint density at radius 3 is 2.82 bits per heavy atom. The molecule has 1 atom stereocenters. The highest BCUT2D eigenvalue weighted by atomic mass is 79.9. The van der Waals surface area contributed by atoms with Crippen molar-refractivity contribution in [2.24, 2.45) is 5.41 Å². The summed E-state index contributed by atoms with van der Waals surface area (Å²) in [5.41, 5.74) is 2.32. The SMILES string of the molecule is C=CC(=O)N(C)CC(=O)NC1c2cccc(Br)c2CC1(C)C. The highest BCUT2D eigenvalue weighted by Crippen LogP contribution is 2.47. The number of amides is 2. The summed E-state index contributed by atoms with van der Waals surface area (Å²) in [4.78, 5) is 25.1. The largest absolute Gasteiger partial charge is 0.347 e. The van der Waals surface area contributed by atoms with Gasteiger partial charge in [0, 0.05) is 11.5 Å². The lowest BCUT2D eigenvalue weighted by Gasteiger charge is -2.29. The summed E-state index contributed by atoms with van der Waals surface area (Å²) < 4.78 is 1.08. The highest BCUT2D eigenvalue weighted by Gasteiger charge is 2.40. The van der Waals surface area contributed by atoms with Crippen LogP contribution in [0.5, 0.6) is 0 Å². The number of hydrogen-bond acceptors (Lipinski definition) is 2. The van der Waals surface area contributed by atoms with Crippen molar-refractivity contribution in [3.63, 3.8) is 0 Å². The van der Waals surface area contributed by atoms with Gasteiger partial charge in [-0.1, -0.05) is 48.5 Å². The van der Waals surface area contributed by atoms with Gasteiger partial charge in [0.1, 0.15) is 0 Å². The van der Waals surface area contributed by atoms with Crippen molar-refractivity contribution in [2.45, 2.75) is 26.3 Å². The molecule has 5 heteroatoms. The van der Waals surface area contributed by atoms with E-state index < -0.39 is 0 Å². The predicted molar refractivity (Wildman–Crippen MR) is 90.3 cm³/mol. The van der Waals surface area contributed by atoms with E-state index in [0.29, 0.717) is 0 Å². The molecular formula is C17H21BrN2O2. The predicted octanol–water partition coefficient (Wildman–Crippen LogP) is 2.83. The number of carbonyl (C=O) groups is 2. The lowest BCUT2D eigenvalue weighted by atomic mass is 9.85. The second-order valence-corrected chi connectivity index (χ2v) is 7.23. The molecule has 4 nitrogen and oxygen atoms in total. The third-order valence-electron chi connectivity index (χ3n) is 4.12. The van der Waals surface area contributed by atoms with Gasteiger partial charge in [-0.3, -0.25) is 9.59 Å². The second-order valence-electron chi connectivity index (χ2n) is 6.37. The maximum Gasteiger partial charge on any atom is 0.246 e. The molecule has 0 saturated heterocycles. The van der Waals surface area contributed by atoms with Crippen LogP contribution in [0.3, 0.4) is 0 Å². The van der Waals surface area contributed by atoms with Gasteiger partial charge in [0.05, 0.1) is 12.6 Å². The fraction of sp³-hybridized carbons (Fsp3) is 0.412. The van der Waals surface area contributed by atoms with E-state index in [4.69, 9.17) is 0 Å². The summed E-state index contributed by atoms with van der Waals surface area (Å²) in [5, 5.41) is 3.07. The van der Waals surface area contributed by atoms with Crippen LogP contribution >= 0.6 is 15.9 Å². The molecule has 0 saturated carbocycles. The molecule has 0 spiro atoms. The minimum atomic E-state index is -0.260. The zero-order valence-corrected chi connectivity index (χ0v) is 14.7. The van der Waals surface area contributed by atoms with Crippen molar-refractivity contribution >= 4 is 27.7 Å². The Hall–Kier alpha value is -1.62. The van der Waals surface area contributed by atoms with E-state index in [1.54, 1.807) is 7.05 Å². The summed E-state index contributed by atoms with van der Waals surface area (Å²) in [6.45, 7) is 7.74. The lowest BCUT2D eigenvalue weighted by molar-refractivity contribution is -0.131. The van der Waals surface area contributed by atoms with Crippen LogP contribution in [-0.2, 0) is 16.0 Å². The van der Waals surface area contributed by atoms with E-state index in [2.05, 4.69) is 47.7 Å². The van der Waals surface area contributed by atoms with Gasteiger partial charge in [-0.15, -0.1) is 0 Å². The topological polar surface area (TPSA) is 49.4 Å². The number of halogens is 1. The zero-order valence-electron chi connectivity index (χ0n) is 13.1. The van der Waals surface area contributed by atoms with Crippen molar-refractivity contribution in [1.82, 2.24) is 10.2 Å². The Bertz CT molecular complexity index is 625. The Kier molecular flexibility index (Phi) is 4.75. The Morgan fingerprint density at radius 2 is 2.18 bits per heavy atom. The first-order chi connectivity index (χ1) is 10.3. The van der Waals surface area contributed by atoms with E-state index in [9.17, 15) is 9.59 Å². The molecule has 1 aliphatic carbocycles. The number of hydrogen-bond donors (Lipinski definition) is 1. The molecule has 118 valence electrons. The van der Waals surface area contributed by atoms with Crippen LogP contribution in [0.15, 0.2) is 35.3 Å². The number of rotatable bonds is 4. The second kappa shape index (κ2) is 6.24. The quantitative estimate of drug-likeness (QED) is 0.835. The molecule has 1 unspecified atom stereocenters. The van der Waals surface area contributed by atoms with Crippen LogP contribution in [0.2, 0.25) is 0 Å². The first-order valence-electron chi connectivity index (χ1n) is 7.20. The molecule has 0 fully saturated rings. The molecule has 1 aliphatic rings. The van der Waals surface area contributed by atoms with Gasteiger partial charge in [0.25, 0.3) is 0 Å². The van der Waals surface area contributed by atoms with Gasteiger partial charge >= 0.3 is 0 Å². The first-order valence-corrected chi connectivity index (χ1v) is 7.99. The van der Waals surface area contributed by atoms with Gasteiger partial charge in [-0.05, 0) is 35.1 Å². The number of nitrogens with one attached hydrogen (secondary N) is 1. The Labute approximate surface area is 139 Å². The third-order valence-corrected chi connectivity index (χ3v) is 4.86. The molecule has 1 N–H and O–H groups in total. The maximum atomic E-state index is 12.3. The number of likely N-dealkylation sites (N-methyl/N-ethyl adjacent to an activating group) is 1. The summed E-state index contributed by atoms with van der Waals surface area (Å²) in [6.07, 6.45) is 2.11. The molecule has 0 radical (unpaired) electrons. The van der Waals surface area contributed by atoms with E-state index in [0.717, 1.165) is 16.5 Å². The molecule has 1 aromatic carbocycles. The molecule has 1 aromatic rings. The van der Waals surface area contributed by atoms with E-state index in [1.165, 1.54) is 16.5 Å². The molecule has 22 heavy (non-hydrogen) atoms. The van der Waals surface area contributed by atoms with Crippen LogP contribution < -0.4 is 5.32 Å². The number of fused-ring (bicyclic) bond motifs is 1. The molecule has 0 heterocycles. The van der Waals surface area contributed by atoms with Crippen LogP contribution in [0, 0.1) is 5.41 Å². The Morgan fingerprint density at radius 1 is 1.50 bits per heavy atom. The molecule has 2 rings (SSSR count). The smallest absolute Gasteiger partial charge is 0.246 e. The normalized spacial score (nSPS) is 18.5. The summed E-state index contributed by atoms with van der Waals surface area (Å²) >= 11 is 3.58. The standard InChI is InChI=1S/C17H21BrN2O2/c1-5-15(22)20(4)10-14(21)19-16-11-7-6-8-13(18)12(11)9-17(16,2)3/h5-8,16H,1,9-10H2,2-4H3,(H,19,21). The number of nitrogens with zero attached hydrogens (tertiary/aromatic N) is 1. The number of carbonyl (C=O) groups excluding carboxylic acids is 2. The van der Waals surface area contributed by atoms with Crippen molar-refractivity contribution in [1.29, 1.82) is 0 Å². The van der Waals surface area contributed by atoms with Crippen LogP contribution in [0.1, 0.15) is 31.0 Å². The monoisotopic (exact) mass is 364 g/mol. The van der Waals surface area contributed by atoms with Crippen molar-refractivity contribution < 1.29 is 9.59 Å². The first kappa shape index (κ1) is 16.7. The van der Waals surface area contributed by atoms with Gasteiger partial charge in [-0.2, -0.15) is 0 Å². The summed E-state index contributed by atoms with van der Waals surface area (Å²) in [5.74, 6) is -0.424. The third kappa shape index (κ3) is 3.24. The van der Waals surface area contributed by atoms with Gasteiger partial charge in [0.15, 0.2) is 0 Å². The maximum absolute atomic E-state index is 12.3. The minimum absolute atomic E-state index is 0.0285. The van der Waals surface area contributed by atoms with Gasteiger partial charge in [-0.25, -0.2) is 0 Å². The van der Waals surface area contributed by atoms with Crippen molar-refractivity contribution in [2.75, 3.05) is 13.6 Å². The molecule has 0 aromatic heterocycles. The average molecular weight is 365 g/mol. The molecular weight excluding hydrogens is 344 g/mol. The van der Waals surface area contributed by atoms with Crippen molar-refractivity contribution in [3.8, 4) is 0 Å². The minimum Gasteiger partial charge on any atom is -0.347 e. The lowest BCUT2D eigenvalue weighted by Crippen LogP contribution is -2.42. The average Bonchev–Trinajstić information content (AvgIpc) is 2.71. The molecule has 0 bridgehead atoms. The van der Waals surface area contributed by atoms with Gasteiger partial charge in [0.2, 0.25) is 11.8 Å². The summed E-state index contributed by atoms with van der Waals surface area (Å²) in [7, 11) is 1.59. The fourth-order valence-electron chi connectivity index (χ4n) is 2.94. The van der Waals surface area contributed by atoms with Crippen LogP contribution in [-0.4, -0.2) is 30.3 Å². The van der Waals surface area contributed by atoms with Crippen LogP contribution in [0.25, 0.3) is 0 Å². The van der Waals surface area contributed by atoms with Gasteiger partial charge < -0.3 is 10.2 Å². The van der Waals surface area contributed by atoms with E-state index in [1.807, 2.05) is 12.1 Å².